The molecule has 0 atom stereocenters. The molecule has 0 heterocycles. The summed E-state index contributed by atoms with van der Waals surface area (Å²) in [6.07, 6.45) is 0. The van der Waals surface area contributed by atoms with Crippen LogP contribution in [0.1, 0.15) is 22.3 Å². The van der Waals surface area contributed by atoms with Crippen molar-refractivity contribution in [3.8, 4) is 0 Å². The molecule has 3 nitrogen and oxygen atoms in total. The molecule has 0 fully saturated rings. The standard InChI is InChI=1S/C16H19NO2S/c1-12-6-4-8-15(10-12)11-20(18,19)17-16-9-5-7-13(2)14(16)3/h4-10,17H,11H2,1-3H3. The topological polar surface area (TPSA) is 46.2 Å². The molecule has 0 aliphatic carbocycles. The molecular weight excluding hydrogens is 270 g/mol. The predicted molar refractivity (Wildman–Crippen MR) is 83.3 cm³/mol. The smallest absolute Gasteiger partial charge is 0.236 e. The van der Waals surface area contributed by atoms with Gasteiger partial charge in [0, 0.05) is 0 Å². The molecule has 0 aliphatic heterocycles. The number of rotatable bonds is 4. The van der Waals surface area contributed by atoms with Crippen molar-refractivity contribution in [1.29, 1.82) is 0 Å². The van der Waals surface area contributed by atoms with E-state index in [1.54, 1.807) is 6.07 Å². The molecule has 0 spiro atoms. The number of sulfonamides is 1. The summed E-state index contributed by atoms with van der Waals surface area (Å²) in [6, 6.07) is 13.2. The van der Waals surface area contributed by atoms with Gasteiger partial charge in [0.15, 0.2) is 0 Å². The maximum Gasteiger partial charge on any atom is 0.236 e. The Morgan fingerprint density at radius 3 is 2.40 bits per heavy atom. The highest BCUT2D eigenvalue weighted by Gasteiger charge is 2.13. The van der Waals surface area contributed by atoms with Gasteiger partial charge < -0.3 is 0 Å². The Balaban J connectivity index is 2.21. The SMILES string of the molecule is Cc1cccc(CS(=O)(=O)Nc2cccc(C)c2C)c1. The van der Waals surface area contributed by atoms with E-state index < -0.39 is 10.0 Å². The molecule has 4 heteroatoms. The Labute approximate surface area is 120 Å². The fourth-order valence-corrected chi connectivity index (χ4v) is 3.33. The van der Waals surface area contributed by atoms with Crippen LogP contribution < -0.4 is 4.72 Å². The van der Waals surface area contributed by atoms with Gasteiger partial charge >= 0.3 is 0 Å². The van der Waals surface area contributed by atoms with E-state index in [9.17, 15) is 8.42 Å². The van der Waals surface area contributed by atoms with Gasteiger partial charge in [-0.1, -0.05) is 42.0 Å². The minimum Gasteiger partial charge on any atom is -0.283 e. The highest BCUT2D eigenvalue weighted by Crippen LogP contribution is 2.20. The van der Waals surface area contributed by atoms with E-state index in [-0.39, 0.29) is 5.75 Å². The third-order valence-electron chi connectivity index (χ3n) is 3.31. The maximum absolute atomic E-state index is 12.2. The van der Waals surface area contributed by atoms with Crippen LogP contribution in [0.4, 0.5) is 5.69 Å². The van der Waals surface area contributed by atoms with Crippen molar-refractivity contribution in [2.75, 3.05) is 4.72 Å². The average Bonchev–Trinajstić information content (AvgIpc) is 2.34. The second-order valence-corrected chi connectivity index (χ2v) is 6.82. The minimum atomic E-state index is -3.39. The maximum atomic E-state index is 12.2. The second kappa shape index (κ2) is 5.67. The van der Waals surface area contributed by atoms with Crippen LogP contribution in [0.25, 0.3) is 0 Å². The van der Waals surface area contributed by atoms with E-state index in [4.69, 9.17) is 0 Å². The van der Waals surface area contributed by atoms with E-state index in [1.807, 2.05) is 57.2 Å². The number of aryl methyl sites for hydroxylation is 2. The third kappa shape index (κ3) is 3.61. The summed E-state index contributed by atoms with van der Waals surface area (Å²) in [5.74, 6) is -0.0118. The highest BCUT2D eigenvalue weighted by atomic mass is 32.2. The minimum absolute atomic E-state index is 0.0118. The summed E-state index contributed by atoms with van der Waals surface area (Å²) in [5, 5.41) is 0. The summed E-state index contributed by atoms with van der Waals surface area (Å²) >= 11 is 0. The number of anilines is 1. The highest BCUT2D eigenvalue weighted by molar-refractivity contribution is 7.91. The van der Waals surface area contributed by atoms with Crippen molar-refractivity contribution in [2.45, 2.75) is 26.5 Å². The lowest BCUT2D eigenvalue weighted by Crippen LogP contribution is -2.16. The van der Waals surface area contributed by atoms with Gasteiger partial charge in [0.25, 0.3) is 0 Å². The molecule has 1 N–H and O–H groups in total. The van der Waals surface area contributed by atoms with Crippen molar-refractivity contribution in [3.63, 3.8) is 0 Å². The molecule has 0 radical (unpaired) electrons. The van der Waals surface area contributed by atoms with E-state index >= 15 is 0 Å². The molecule has 106 valence electrons. The van der Waals surface area contributed by atoms with Crippen molar-refractivity contribution < 1.29 is 8.42 Å². The Morgan fingerprint density at radius 2 is 1.70 bits per heavy atom. The molecule has 0 aliphatic rings. The lowest BCUT2D eigenvalue weighted by molar-refractivity contribution is 0.600. The van der Waals surface area contributed by atoms with Crippen molar-refractivity contribution in [1.82, 2.24) is 0 Å². The molecule has 0 aromatic heterocycles. The summed E-state index contributed by atoms with van der Waals surface area (Å²) in [7, 11) is -3.39. The summed E-state index contributed by atoms with van der Waals surface area (Å²) < 4.78 is 27.1. The average molecular weight is 289 g/mol. The predicted octanol–water partition coefficient (Wildman–Crippen LogP) is 3.55. The summed E-state index contributed by atoms with van der Waals surface area (Å²) in [5.41, 5.74) is 4.53. The lowest BCUT2D eigenvalue weighted by Gasteiger charge is -2.12. The zero-order chi connectivity index (χ0) is 14.8. The molecule has 0 amide bonds. The van der Waals surface area contributed by atoms with Gasteiger partial charge in [0.2, 0.25) is 10.0 Å². The molecule has 2 aromatic carbocycles. The summed E-state index contributed by atoms with van der Waals surface area (Å²) in [6.45, 7) is 5.84. The van der Waals surface area contributed by atoms with Crippen molar-refractivity contribution in [3.05, 3.63) is 64.7 Å². The first-order valence-corrected chi connectivity index (χ1v) is 8.15. The largest absolute Gasteiger partial charge is 0.283 e. The van der Waals surface area contributed by atoms with E-state index in [0.29, 0.717) is 5.69 Å². The van der Waals surface area contributed by atoms with Crippen LogP contribution in [0.15, 0.2) is 42.5 Å². The Hall–Kier alpha value is -1.81. The lowest BCUT2D eigenvalue weighted by atomic mass is 10.1. The molecule has 2 aromatic rings. The van der Waals surface area contributed by atoms with Crippen LogP contribution >= 0.6 is 0 Å². The van der Waals surface area contributed by atoms with E-state index in [2.05, 4.69) is 4.72 Å². The zero-order valence-corrected chi connectivity index (χ0v) is 12.8. The molecular formula is C16H19NO2S. The van der Waals surface area contributed by atoms with Crippen LogP contribution in [0.5, 0.6) is 0 Å². The zero-order valence-electron chi connectivity index (χ0n) is 12.0. The first kappa shape index (κ1) is 14.6. The third-order valence-corrected chi connectivity index (χ3v) is 4.55. The number of benzene rings is 2. The van der Waals surface area contributed by atoms with Crippen LogP contribution in [0.2, 0.25) is 0 Å². The van der Waals surface area contributed by atoms with Crippen LogP contribution in [-0.4, -0.2) is 8.42 Å². The van der Waals surface area contributed by atoms with Crippen molar-refractivity contribution in [2.24, 2.45) is 0 Å². The first-order valence-electron chi connectivity index (χ1n) is 6.50. The molecule has 0 bridgehead atoms. The normalized spacial score (nSPS) is 11.3. The molecule has 0 unspecified atom stereocenters. The second-order valence-electron chi connectivity index (χ2n) is 5.10. The first-order chi connectivity index (χ1) is 9.37. The van der Waals surface area contributed by atoms with Gasteiger partial charge in [-0.2, -0.15) is 0 Å². The van der Waals surface area contributed by atoms with Gasteiger partial charge in [0.05, 0.1) is 11.4 Å². The van der Waals surface area contributed by atoms with Gasteiger partial charge in [-0.3, -0.25) is 4.72 Å². The van der Waals surface area contributed by atoms with E-state index in [1.165, 1.54) is 0 Å². The van der Waals surface area contributed by atoms with Crippen LogP contribution in [-0.2, 0) is 15.8 Å². The summed E-state index contributed by atoms with van der Waals surface area (Å²) in [4.78, 5) is 0. The van der Waals surface area contributed by atoms with Gasteiger partial charge in [-0.25, -0.2) is 8.42 Å². The number of nitrogens with one attached hydrogen (secondary N) is 1. The number of hydrogen-bond acceptors (Lipinski definition) is 2. The van der Waals surface area contributed by atoms with Gasteiger partial charge in [-0.15, -0.1) is 0 Å². The van der Waals surface area contributed by atoms with Crippen LogP contribution in [0, 0.1) is 20.8 Å². The molecule has 20 heavy (non-hydrogen) atoms. The Kier molecular flexibility index (Phi) is 4.14. The van der Waals surface area contributed by atoms with Gasteiger partial charge in [0.1, 0.15) is 0 Å². The number of hydrogen-bond donors (Lipinski definition) is 1. The fourth-order valence-electron chi connectivity index (χ4n) is 2.09. The Morgan fingerprint density at radius 1 is 1.00 bits per heavy atom. The van der Waals surface area contributed by atoms with Gasteiger partial charge in [-0.05, 0) is 43.5 Å². The Bertz CT molecular complexity index is 721. The monoisotopic (exact) mass is 289 g/mol. The molecule has 0 saturated heterocycles. The fraction of sp³-hybridized carbons (Fsp3) is 0.250. The van der Waals surface area contributed by atoms with E-state index in [0.717, 1.165) is 22.3 Å². The van der Waals surface area contributed by atoms with Crippen molar-refractivity contribution >= 4 is 15.7 Å². The molecule has 0 saturated carbocycles. The van der Waals surface area contributed by atoms with Crippen LogP contribution in [0.3, 0.4) is 0 Å². The molecule has 2 rings (SSSR count). The quantitative estimate of drug-likeness (QED) is 0.935.